The molecule has 0 radical (unpaired) electrons. The van der Waals surface area contributed by atoms with Gasteiger partial charge in [0, 0.05) is 12.6 Å². The summed E-state index contributed by atoms with van der Waals surface area (Å²) in [7, 11) is 5.05. The Balaban J connectivity index is 0.00000441. The minimum atomic E-state index is -0.646. The summed E-state index contributed by atoms with van der Waals surface area (Å²) in [5, 5.41) is 6.06. The van der Waals surface area contributed by atoms with Crippen molar-refractivity contribution in [3.63, 3.8) is 0 Å². The van der Waals surface area contributed by atoms with E-state index in [9.17, 15) is 4.79 Å². The molecule has 0 aromatic heterocycles. The van der Waals surface area contributed by atoms with Gasteiger partial charge in [-0.15, -0.1) is 12.4 Å². The van der Waals surface area contributed by atoms with Gasteiger partial charge in [0.25, 0.3) is 0 Å². The minimum Gasteiger partial charge on any atom is -0.493 e. The lowest BCUT2D eigenvalue weighted by molar-refractivity contribution is -0.125. The molecule has 1 amide bonds. The zero-order valence-corrected chi connectivity index (χ0v) is 15.0. The number of hydrogen-bond donors (Lipinski definition) is 2. The first-order valence-electron chi connectivity index (χ1n) is 7.04. The van der Waals surface area contributed by atoms with Crippen LogP contribution >= 0.6 is 12.4 Å². The fourth-order valence-corrected chi connectivity index (χ4v) is 1.92. The van der Waals surface area contributed by atoms with Crippen LogP contribution in [-0.2, 0) is 10.2 Å². The lowest BCUT2D eigenvalue weighted by Crippen LogP contribution is -2.45. The van der Waals surface area contributed by atoms with E-state index >= 15 is 0 Å². The maximum Gasteiger partial charge on any atom is 0.230 e. The Morgan fingerprint density at radius 3 is 2.32 bits per heavy atom. The van der Waals surface area contributed by atoms with Gasteiger partial charge in [-0.05, 0) is 45.5 Å². The molecule has 0 aliphatic rings. The molecule has 126 valence electrons. The molecule has 2 N–H and O–H groups in total. The van der Waals surface area contributed by atoms with Crippen LogP contribution < -0.4 is 20.1 Å². The van der Waals surface area contributed by atoms with E-state index in [1.165, 1.54) is 0 Å². The number of carbonyl (C=O) groups excluding carboxylic acids is 1. The van der Waals surface area contributed by atoms with Gasteiger partial charge < -0.3 is 20.1 Å². The monoisotopic (exact) mass is 330 g/mol. The number of benzene rings is 1. The topological polar surface area (TPSA) is 59.6 Å². The van der Waals surface area contributed by atoms with Gasteiger partial charge in [-0.2, -0.15) is 0 Å². The van der Waals surface area contributed by atoms with E-state index in [0.717, 1.165) is 5.56 Å². The number of ether oxygens (including phenoxy) is 2. The third-order valence-electron chi connectivity index (χ3n) is 3.73. The average Bonchev–Trinajstić information content (AvgIpc) is 2.50. The van der Waals surface area contributed by atoms with Crippen LogP contribution in [0.25, 0.3) is 0 Å². The molecule has 0 saturated heterocycles. The number of nitrogens with one attached hydrogen (secondary N) is 2. The molecule has 1 rings (SSSR count). The molecule has 0 aliphatic heterocycles. The summed E-state index contributed by atoms with van der Waals surface area (Å²) >= 11 is 0. The van der Waals surface area contributed by atoms with Crippen molar-refractivity contribution in [1.29, 1.82) is 0 Å². The number of hydrogen-bond acceptors (Lipinski definition) is 4. The van der Waals surface area contributed by atoms with Crippen LogP contribution in [0.1, 0.15) is 26.3 Å². The van der Waals surface area contributed by atoms with E-state index in [4.69, 9.17) is 9.47 Å². The highest BCUT2D eigenvalue weighted by Gasteiger charge is 2.30. The lowest BCUT2D eigenvalue weighted by Gasteiger charge is -2.26. The van der Waals surface area contributed by atoms with Crippen molar-refractivity contribution in [2.24, 2.45) is 0 Å². The normalized spacial score (nSPS) is 12.1. The minimum absolute atomic E-state index is 0. The summed E-state index contributed by atoms with van der Waals surface area (Å²) in [5.74, 6) is 1.26. The fraction of sp³-hybridized carbons (Fsp3) is 0.562. The molecule has 22 heavy (non-hydrogen) atoms. The zero-order chi connectivity index (χ0) is 16.0. The highest BCUT2D eigenvalue weighted by atomic mass is 35.5. The molecule has 1 atom stereocenters. The van der Waals surface area contributed by atoms with E-state index in [-0.39, 0.29) is 24.4 Å². The van der Waals surface area contributed by atoms with Crippen molar-refractivity contribution in [3.05, 3.63) is 23.8 Å². The van der Waals surface area contributed by atoms with E-state index in [1.807, 2.05) is 46.0 Å². The maximum atomic E-state index is 12.4. The molecule has 5 nitrogen and oxygen atoms in total. The highest BCUT2D eigenvalue weighted by molar-refractivity contribution is 5.87. The Labute approximate surface area is 139 Å². The first-order chi connectivity index (χ1) is 9.86. The van der Waals surface area contributed by atoms with Gasteiger partial charge in [-0.1, -0.05) is 6.07 Å². The van der Waals surface area contributed by atoms with Crippen molar-refractivity contribution in [2.45, 2.75) is 32.2 Å². The van der Waals surface area contributed by atoms with E-state index in [1.54, 1.807) is 14.2 Å². The Kier molecular flexibility index (Phi) is 8.27. The highest BCUT2D eigenvalue weighted by Crippen LogP contribution is 2.33. The summed E-state index contributed by atoms with van der Waals surface area (Å²) in [6, 6.07) is 5.79. The van der Waals surface area contributed by atoms with Gasteiger partial charge in [-0.25, -0.2) is 0 Å². The molecule has 0 heterocycles. The standard InChI is InChI=1S/C16H26N2O3.ClH/c1-11(17-4)10-18-15(19)16(2,3)12-7-8-13(20-5)14(9-12)21-6;/h7-9,11,17H,10H2,1-6H3,(H,18,19);1H. The number of amides is 1. The molecule has 1 aromatic rings. The molecular formula is C16H27ClN2O3. The molecule has 6 heteroatoms. The Morgan fingerprint density at radius 1 is 1.23 bits per heavy atom. The number of rotatable bonds is 7. The van der Waals surface area contributed by atoms with Crippen molar-refractivity contribution in [2.75, 3.05) is 27.8 Å². The summed E-state index contributed by atoms with van der Waals surface area (Å²) in [5.41, 5.74) is 0.238. The van der Waals surface area contributed by atoms with Crippen molar-refractivity contribution < 1.29 is 14.3 Å². The molecule has 0 aliphatic carbocycles. The first-order valence-corrected chi connectivity index (χ1v) is 7.04. The van der Waals surface area contributed by atoms with Gasteiger partial charge in [0.2, 0.25) is 5.91 Å². The molecular weight excluding hydrogens is 304 g/mol. The van der Waals surface area contributed by atoms with Gasteiger partial charge in [0.1, 0.15) is 0 Å². The van der Waals surface area contributed by atoms with E-state index in [0.29, 0.717) is 18.0 Å². The zero-order valence-electron chi connectivity index (χ0n) is 14.1. The second-order valence-electron chi connectivity index (χ2n) is 5.59. The number of likely N-dealkylation sites (N-methyl/N-ethyl adjacent to an activating group) is 1. The second-order valence-corrected chi connectivity index (χ2v) is 5.59. The lowest BCUT2D eigenvalue weighted by atomic mass is 9.83. The van der Waals surface area contributed by atoms with Gasteiger partial charge in [0.05, 0.1) is 19.6 Å². The number of methoxy groups -OCH3 is 2. The van der Waals surface area contributed by atoms with Gasteiger partial charge in [0.15, 0.2) is 11.5 Å². The van der Waals surface area contributed by atoms with Crippen LogP contribution in [0.5, 0.6) is 11.5 Å². The average molecular weight is 331 g/mol. The number of carbonyl (C=O) groups is 1. The third-order valence-corrected chi connectivity index (χ3v) is 3.73. The first kappa shape index (κ1) is 20.5. The van der Waals surface area contributed by atoms with E-state index in [2.05, 4.69) is 10.6 Å². The van der Waals surface area contributed by atoms with Gasteiger partial charge in [-0.3, -0.25) is 4.79 Å². The SMILES string of the molecule is CNC(C)CNC(=O)C(C)(C)c1ccc(OC)c(OC)c1.Cl. The van der Waals surface area contributed by atoms with Crippen LogP contribution in [0, 0.1) is 0 Å². The molecule has 0 spiro atoms. The molecule has 0 bridgehead atoms. The van der Waals surface area contributed by atoms with Crippen LogP contribution in [-0.4, -0.2) is 39.8 Å². The van der Waals surface area contributed by atoms with Crippen LogP contribution in [0.3, 0.4) is 0 Å². The molecule has 0 fully saturated rings. The predicted octanol–water partition coefficient (Wildman–Crippen LogP) is 2.13. The third kappa shape index (κ3) is 4.78. The summed E-state index contributed by atoms with van der Waals surface area (Å²) in [4.78, 5) is 12.4. The Morgan fingerprint density at radius 2 is 1.82 bits per heavy atom. The quantitative estimate of drug-likeness (QED) is 0.804. The van der Waals surface area contributed by atoms with Gasteiger partial charge >= 0.3 is 0 Å². The van der Waals surface area contributed by atoms with Crippen LogP contribution in [0.2, 0.25) is 0 Å². The fourth-order valence-electron chi connectivity index (χ4n) is 1.92. The van der Waals surface area contributed by atoms with E-state index < -0.39 is 5.41 Å². The number of halogens is 1. The molecule has 1 unspecified atom stereocenters. The smallest absolute Gasteiger partial charge is 0.230 e. The van der Waals surface area contributed by atoms with Crippen molar-refractivity contribution in [1.82, 2.24) is 10.6 Å². The van der Waals surface area contributed by atoms with Crippen LogP contribution in [0.4, 0.5) is 0 Å². The largest absolute Gasteiger partial charge is 0.493 e. The van der Waals surface area contributed by atoms with Crippen LogP contribution in [0.15, 0.2) is 18.2 Å². The second kappa shape index (κ2) is 8.86. The summed E-state index contributed by atoms with van der Waals surface area (Å²) < 4.78 is 10.5. The molecule has 0 saturated carbocycles. The Hall–Kier alpha value is -1.46. The predicted molar refractivity (Wildman–Crippen MR) is 91.4 cm³/mol. The van der Waals surface area contributed by atoms with Crippen molar-refractivity contribution in [3.8, 4) is 11.5 Å². The van der Waals surface area contributed by atoms with Crippen molar-refractivity contribution >= 4 is 18.3 Å². The summed E-state index contributed by atoms with van der Waals surface area (Å²) in [6.07, 6.45) is 0. The maximum absolute atomic E-state index is 12.4. The molecule has 1 aromatic carbocycles. The Bertz CT molecular complexity index is 492. The summed E-state index contributed by atoms with van der Waals surface area (Å²) in [6.45, 7) is 6.40.